The molecule has 1 aromatic heterocycles. The molecule has 4 rings (SSSR count). The Kier molecular flexibility index (Phi) is 5.33. The van der Waals surface area contributed by atoms with Gasteiger partial charge in [0.05, 0.1) is 0 Å². The first-order valence-electron chi connectivity index (χ1n) is 9.06. The van der Waals surface area contributed by atoms with Gasteiger partial charge in [-0.1, -0.05) is 36.4 Å². The molecular formula is C21H20N4O3. The van der Waals surface area contributed by atoms with Crippen molar-refractivity contribution in [1.29, 1.82) is 0 Å². The van der Waals surface area contributed by atoms with Crippen molar-refractivity contribution in [2.75, 3.05) is 18.7 Å². The van der Waals surface area contributed by atoms with Crippen molar-refractivity contribution in [2.24, 2.45) is 0 Å². The number of nitrogens with one attached hydrogen (secondary N) is 2. The first kappa shape index (κ1) is 17.8. The highest BCUT2D eigenvalue weighted by molar-refractivity contribution is 5.92. The molecule has 0 bridgehead atoms. The molecule has 2 heterocycles. The summed E-state index contributed by atoms with van der Waals surface area (Å²) in [5.74, 6) is 1.86. The molecule has 28 heavy (non-hydrogen) atoms. The van der Waals surface area contributed by atoms with Gasteiger partial charge in [0, 0.05) is 13.1 Å². The zero-order valence-corrected chi connectivity index (χ0v) is 15.2. The molecule has 0 atom stereocenters. The van der Waals surface area contributed by atoms with Gasteiger partial charge in [-0.2, -0.15) is 0 Å². The molecule has 2 aromatic carbocycles. The summed E-state index contributed by atoms with van der Waals surface area (Å²) in [6, 6.07) is 19.2. The van der Waals surface area contributed by atoms with Crippen molar-refractivity contribution < 1.29 is 14.3 Å². The zero-order valence-electron chi connectivity index (χ0n) is 15.2. The van der Waals surface area contributed by atoms with Gasteiger partial charge in [-0.3, -0.25) is 4.79 Å². The predicted octanol–water partition coefficient (Wildman–Crippen LogP) is 2.79. The summed E-state index contributed by atoms with van der Waals surface area (Å²) in [4.78, 5) is 12.2. The molecule has 2 N–H and O–H groups in total. The van der Waals surface area contributed by atoms with Gasteiger partial charge in [-0.15, -0.1) is 10.2 Å². The fraction of sp³-hybridized carbons (Fsp3) is 0.190. The predicted molar refractivity (Wildman–Crippen MR) is 104 cm³/mol. The molecular weight excluding hydrogens is 356 g/mol. The SMILES string of the molecule is O=C(NCCc1ccccc1)c1ccc(NCc2ccc3c(c2)OCO3)nn1. The van der Waals surface area contributed by atoms with E-state index in [1.165, 1.54) is 5.56 Å². The fourth-order valence-corrected chi connectivity index (χ4v) is 2.85. The average Bonchev–Trinajstić information content (AvgIpc) is 3.21. The Bertz CT molecular complexity index is 946. The number of benzene rings is 2. The molecule has 1 aliphatic heterocycles. The molecule has 0 unspecified atom stereocenters. The van der Waals surface area contributed by atoms with E-state index in [0.717, 1.165) is 23.5 Å². The van der Waals surface area contributed by atoms with Gasteiger partial charge in [0.2, 0.25) is 6.79 Å². The first-order chi connectivity index (χ1) is 13.8. The largest absolute Gasteiger partial charge is 0.454 e. The molecule has 0 saturated heterocycles. The van der Waals surface area contributed by atoms with Gasteiger partial charge in [0.25, 0.3) is 5.91 Å². The number of hydrogen-bond acceptors (Lipinski definition) is 6. The van der Waals surface area contributed by atoms with Crippen LogP contribution in [-0.2, 0) is 13.0 Å². The minimum atomic E-state index is -0.231. The molecule has 7 heteroatoms. The summed E-state index contributed by atoms with van der Waals surface area (Å²) in [6.45, 7) is 1.37. The number of aromatic nitrogens is 2. The normalized spacial score (nSPS) is 11.9. The van der Waals surface area contributed by atoms with Crippen LogP contribution >= 0.6 is 0 Å². The highest BCUT2D eigenvalue weighted by atomic mass is 16.7. The maximum absolute atomic E-state index is 12.2. The van der Waals surface area contributed by atoms with Crippen LogP contribution in [0.2, 0.25) is 0 Å². The minimum Gasteiger partial charge on any atom is -0.454 e. The first-order valence-corrected chi connectivity index (χ1v) is 9.06. The Morgan fingerprint density at radius 2 is 1.79 bits per heavy atom. The van der Waals surface area contributed by atoms with Crippen LogP contribution in [0.15, 0.2) is 60.7 Å². The Balaban J connectivity index is 1.26. The molecule has 1 amide bonds. The van der Waals surface area contributed by atoms with Crippen molar-refractivity contribution in [3.63, 3.8) is 0 Å². The number of carbonyl (C=O) groups excluding carboxylic acids is 1. The molecule has 0 fully saturated rings. The van der Waals surface area contributed by atoms with E-state index in [1.54, 1.807) is 12.1 Å². The second-order valence-electron chi connectivity index (χ2n) is 6.34. The lowest BCUT2D eigenvalue weighted by molar-refractivity contribution is 0.0948. The lowest BCUT2D eigenvalue weighted by Crippen LogP contribution is -2.26. The van der Waals surface area contributed by atoms with Crippen molar-refractivity contribution >= 4 is 11.7 Å². The molecule has 1 aliphatic rings. The second kappa shape index (κ2) is 8.39. The average molecular weight is 376 g/mol. The smallest absolute Gasteiger partial charge is 0.271 e. The summed E-state index contributed by atoms with van der Waals surface area (Å²) in [6.07, 6.45) is 0.773. The van der Waals surface area contributed by atoms with Crippen molar-refractivity contribution in [3.05, 3.63) is 77.5 Å². The van der Waals surface area contributed by atoms with E-state index in [0.29, 0.717) is 24.6 Å². The van der Waals surface area contributed by atoms with Crippen LogP contribution in [0, 0.1) is 0 Å². The molecule has 0 saturated carbocycles. The van der Waals surface area contributed by atoms with Gasteiger partial charge in [-0.25, -0.2) is 0 Å². The van der Waals surface area contributed by atoms with E-state index in [1.807, 2.05) is 48.5 Å². The number of rotatable bonds is 7. The summed E-state index contributed by atoms with van der Waals surface area (Å²) < 4.78 is 10.7. The van der Waals surface area contributed by atoms with Crippen molar-refractivity contribution in [1.82, 2.24) is 15.5 Å². The Morgan fingerprint density at radius 1 is 0.929 bits per heavy atom. The Hall–Kier alpha value is -3.61. The molecule has 3 aromatic rings. The van der Waals surface area contributed by atoms with Crippen LogP contribution in [0.3, 0.4) is 0 Å². The number of anilines is 1. The van der Waals surface area contributed by atoms with Gasteiger partial charge in [0.15, 0.2) is 17.2 Å². The van der Waals surface area contributed by atoms with Gasteiger partial charge >= 0.3 is 0 Å². The number of nitrogens with zero attached hydrogens (tertiary/aromatic N) is 2. The van der Waals surface area contributed by atoms with E-state index in [-0.39, 0.29) is 12.7 Å². The minimum absolute atomic E-state index is 0.231. The molecule has 0 radical (unpaired) electrons. The quantitative estimate of drug-likeness (QED) is 0.660. The van der Waals surface area contributed by atoms with Crippen molar-refractivity contribution in [2.45, 2.75) is 13.0 Å². The number of fused-ring (bicyclic) bond motifs is 1. The van der Waals surface area contributed by atoms with Crippen LogP contribution in [-0.4, -0.2) is 29.4 Å². The van der Waals surface area contributed by atoms with Crippen LogP contribution in [0.1, 0.15) is 21.6 Å². The summed E-state index contributed by atoms with van der Waals surface area (Å²) in [5.41, 5.74) is 2.51. The number of ether oxygens (including phenoxy) is 2. The van der Waals surface area contributed by atoms with Gasteiger partial charge in [-0.05, 0) is 41.8 Å². The third-order valence-corrected chi connectivity index (χ3v) is 4.35. The number of hydrogen-bond donors (Lipinski definition) is 2. The maximum Gasteiger partial charge on any atom is 0.271 e. The number of carbonyl (C=O) groups is 1. The van der Waals surface area contributed by atoms with E-state index < -0.39 is 0 Å². The number of amides is 1. The highest BCUT2D eigenvalue weighted by Gasteiger charge is 2.13. The Morgan fingerprint density at radius 3 is 2.61 bits per heavy atom. The molecule has 0 aliphatic carbocycles. The van der Waals surface area contributed by atoms with Crippen LogP contribution in [0.4, 0.5) is 5.82 Å². The van der Waals surface area contributed by atoms with E-state index in [4.69, 9.17) is 9.47 Å². The van der Waals surface area contributed by atoms with Crippen molar-refractivity contribution in [3.8, 4) is 11.5 Å². The van der Waals surface area contributed by atoms with Gasteiger partial charge < -0.3 is 20.1 Å². The zero-order chi connectivity index (χ0) is 19.2. The highest BCUT2D eigenvalue weighted by Crippen LogP contribution is 2.32. The van der Waals surface area contributed by atoms with Crippen LogP contribution in [0.25, 0.3) is 0 Å². The standard InChI is InChI=1S/C21H20N4O3/c26-21(22-11-10-15-4-2-1-3-5-15)17-7-9-20(25-24-17)23-13-16-6-8-18-19(12-16)28-14-27-18/h1-9,12H,10-11,13-14H2,(H,22,26)(H,23,25). The van der Waals surface area contributed by atoms with E-state index in [9.17, 15) is 4.79 Å². The lowest BCUT2D eigenvalue weighted by Gasteiger charge is -2.07. The summed E-state index contributed by atoms with van der Waals surface area (Å²) >= 11 is 0. The monoisotopic (exact) mass is 376 g/mol. The fourth-order valence-electron chi connectivity index (χ4n) is 2.85. The Labute approximate surface area is 162 Å². The van der Waals surface area contributed by atoms with Crippen LogP contribution < -0.4 is 20.1 Å². The second-order valence-corrected chi connectivity index (χ2v) is 6.34. The third-order valence-electron chi connectivity index (χ3n) is 4.35. The van der Waals surface area contributed by atoms with Crippen LogP contribution in [0.5, 0.6) is 11.5 Å². The maximum atomic E-state index is 12.2. The topological polar surface area (TPSA) is 85.4 Å². The van der Waals surface area contributed by atoms with Gasteiger partial charge in [0.1, 0.15) is 5.82 Å². The summed E-state index contributed by atoms with van der Waals surface area (Å²) in [7, 11) is 0. The third kappa shape index (κ3) is 4.37. The molecule has 0 spiro atoms. The molecule has 142 valence electrons. The molecule has 7 nitrogen and oxygen atoms in total. The van der Waals surface area contributed by atoms with E-state index in [2.05, 4.69) is 20.8 Å². The lowest BCUT2D eigenvalue weighted by atomic mass is 10.1. The van der Waals surface area contributed by atoms with E-state index >= 15 is 0 Å². The summed E-state index contributed by atoms with van der Waals surface area (Å²) in [5, 5.41) is 14.1.